The van der Waals surface area contributed by atoms with Crippen molar-refractivity contribution in [3.05, 3.63) is 35.3 Å². The van der Waals surface area contributed by atoms with Gasteiger partial charge in [0.25, 0.3) is 10.1 Å². The number of hydrogen-bond donors (Lipinski definition) is 2. The first-order valence-corrected chi connectivity index (χ1v) is 10.9. The van der Waals surface area contributed by atoms with Gasteiger partial charge in [0.2, 0.25) is 4.87 Å². The van der Waals surface area contributed by atoms with Gasteiger partial charge in [-0.3, -0.25) is 19.5 Å². The van der Waals surface area contributed by atoms with Crippen molar-refractivity contribution < 1.29 is 13.0 Å². The minimum atomic E-state index is -4.37. The Kier molecular flexibility index (Phi) is 3.77. The molecule has 2 atom stereocenters. The molecule has 0 aromatic rings. The fourth-order valence-corrected chi connectivity index (χ4v) is 5.70. The van der Waals surface area contributed by atoms with Crippen molar-refractivity contribution in [3.63, 3.8) is 0 Å². The van der Waals surface area contributed by atoms with E-state index in [2.05, 4.69) is 21.4 Å². The minimum absolute atomic E-state index is 0.272. The molecule has 8 heteroatoms. The van der Waals surface area contributed by atoms with Crippen LogP contribution in [0.3, 0.4) is 0 Å². The molecule has 27 heavy (non-hydrogen) atoms. The maximum atomic E-state index is 12.3. The molecule has 1 fully saturated rings. The van der Waals surface area contributed by atoms with Crippen LogP contribution in [0.2, 0.25) is 0 Å². The molecule has 2 N–H and O–H groups in total. The molecule has 1 saturated heterocycles. The van der Waals surface area contributed by atoms with Crippen LogP contribution in [0, 0.1) is 0 Å². The summed E-state index contributed by atoms with van der Waals surface area (Å²) in [7, 11) is -4.37. The smallest absolute Gasteiger partial charge is 0.293 e. The zero-order valence-corrected chi connectivity index (χ0v) is 15.8. The van der Waals surface area contributed by atoms with Crippen LogP contribution in [0.1, 0.15) is 51.4 Å². The van der Waals surface area contributed by atoms with E-state index in [1.54, 1.807) is 0 Å². The van der Waals surface area contributed by atoms with Crippen molar-refractivity contribution in [2.24, 2.45) is 15.0 Å². The van der Waals surface area contributed by atoms with E-state index in [0.717, 1.165) is 54.2 Å². The summed E-state index contributed by atoms with van der Waals surface area (Å²) in [6.45, 7) is 0. The van der Waals surface area contributed by atoms with Gasteiger partial charge in [0.1, 0.15) is 0 Å². The van der Waals surface area contributed by atoms with Crippen LogP contribution in [0.5, 0.6) is 0 Å². The van der Waals surface area contributed by atoms with Gasteiger partial charge in [-0.25, -0.2) is 0 Å². The third kappa shape index (κ3) is 2.91. The summed E-state index contributed by atoms with van der Waals surface area (Å²) in [5.41, 5.74) is 5.80. The summed E-state index contributed by atoms with van der Waals surface area (Å²) in [4.78, 5) is 12.3. The van der Waals surface area contributed by atoms with Crippen LogP contribution in [-0.2, 0) is 10.1 Å². The van der Waals surface area contributed by atoms with Crippen LogP contribution >= 0.6 is 0 Å². The molecule has 7 nitrogen and oxygen atoms in total. The van der Waals surface area contributed by atoms with Gasteiger partial charge in [-0.1, -0.05) is 0 Å². The van der Waals surface area contributed by atoms with Gasteiger partial charge in [0.05, 0.1) is 6.04 Å². The molecule has 0 saturated carbocycles. The summed E-state index contributed by atoms with van der Waals surface area (Å²) in [5.74, 6) is 0. The molecule has 5 heterocycles. The number of nitrogens with one attached hydrogen (secondary N) is 1. The number of allylic oxidation sites excluding steroid dienone is 6. The number of hydrogen-bond acceptors (Lipinski definition) is 6. The van der Waals surface area contributed by atoms with Crippen LogP contribution in [-0.4, -0.2) is 41.0 Å². The SMILES string of the molecule is O=S(=O)(O)C12CCC(=N1)C=C1CCC(=CC3=NC(=CC4=NC2CC4)CC3)N1. The van der Waals surface area contributed by atoms with E-state index in [4.69, 9.17) is 4.99 Å². The number of nitrogens with zero attached hydrogens (tertiary/aromatic N) is 3. The van der Waals surface area contributed by atoms with Crippen LogP contribution in [0.25, 0.3) is 0 Å². The zero-order valence-electron chi connectivity index (χ0n) is 15.0. The minimum Gasteiger partial charge on any atom is -0.362 e. The van der Waals surface area contributed by atoms with Gasteiger partial charge in [0, 0.05) is 34.2 Å². The molecule has 0 aromatic heterocycles. The third-order valence-corrected chi connectivity index (χ3v) is 7.42. The Morgan fingerprint density at radius 2 is 1.74 bits per heavy atom. The molecular weight excluding hydrogens is 364 g/mol. The second kappa shape index (κ2) is 5.97. The molecule has 142 valence electrons. The van der Waals surface area contributed by atoms with Crippen molar-refractivity contribution in [2.75, 3.05) is 0 Å². The van der Waals surface area contributed by atoms with Crippen molar-refractivity contribution in [1.29, 1.82) is 0 Å². The molecule has 0 spiro atoms. The average Bonchev–Trinajstić information content (AvgIpc) is 3.35. The highest BCUT2D eigenvalue weighted by atomic mass is 32.2. The molecule has 2 unspecified atom stereocenters. The first-order chi connectivity index (χ1) is 12.9. The average molecular weight is 386 g/mol. The van der Waals surface area contributed by atoms with E-state index in [-0.39, 0.29) is 6.42 Å². The summed E-state index contributed by atoms with van der Waals surface area (Å²) in [6.07, 6.45) is 11.7. The normalized spacial score (nSPS) is 32.4. The van der Waals surface area contributed by atoms with E-state index in [9.17, 15) is 13.0 Å². The Hall–Kier alpha value is -2.06. The third-order valence-electron chi connectivity index (χ3n) is 5.96. The molecule has 5 aliphatic heterocycles. The molecule has 0 aromatic carbocycles. The monoisotopic (exact) mass is 386 g/mol. The fraction of sp³-hybridized carbons (Fsp3) is 0.526. The molecule has 0 aliphatic carbocycles. The Morgan fingerprint density at radius 3 is 2.52 bits per heavy atom. The van der Waals surface area contributed by atoms with Gasteiger partial charge in [-0.05, 0) is 69.6 Å². The van der Waals surface area contributed by atoms with Crippen LogP contribution in [0.4, 0.5) is 0 Å². The van der Waals surface area contributed by atoms with Gasteiger partial charge < -0.3 is 5.32 Å². The van der Waals surface area contributed by atoms with Crippen LogP contribution < -0.4 is 5.32 Å². The van der Waals surface area contributed by atoms with E-state index in [1.807, 2.05) is 12.2 Å². The summed E-state index contributed by atoms with van der Waals surface area (Å²) < 4.78 is 34.7. The highest BCUT2D eigenvalue weighted by molar-refractivity contribution is 7.87. The number of rotatable bonds is 1. The quantitative estimate of drug-likeness (QED) is 0.676. The van der Waals surface area contributed by atoms with E-state index < -0.39 is 21.0 Å². The summed E-state index contributed by atoms with van der Waals surface area (Å²) in [6, 6.07) is -0.546. The molecule has 8 bridgehead atoms. The summed E-state index contributed by atoms with van der Waals surface area (Å²) >= 11 is 0. The van der Waals surface area contributed by atoms with E-state index in [0.29, 0.717) is 25.0 Å². The Morgan fingerprint density at radius 1 is 0.963 bits per heavy atom. The van der Waals surface area contributed by atoms with Gasteiger partial charge in [-0.2, -0.15) is 8.42 Å². The highest BCUT2D eigenvalue weighted by Gasteiger charge is 2.53. The standard InChI is InChI=1S/C19H22N4O3S/c24-27(25,26)19-8-7-17(23-19)11-15-4-3-13(21-15)9-12-1-2-14(20-12)10-16-5-6-18(19)22-16/h9-11,18,21H,1-8H2,(H,24,25,26). The highest BCUT2D eigenvalue weighted by Crippen LogP contribution is 2.41. The Labute approximate surface area is 158 Å². The lowest BCUT2D eigenvalue weighted by Gasteiger charge is -2.26. The molecule has 5 aliphatic rings. The second-order valence-electron chi connectivity index (χ2n) is 7.80. The predicted octanol–water partition coefficient (Wildman–Crippen LogP) is 2.69. The molecule has 5 rings (SSSR count). The first-order valence-electron chi connectivity index (χ1n) is 9.50. The maximum Gasteiger partial charge on any atom is 0.293 e. The van der Waals surface area contributed by atoms with E-state index in [1.165, 1.54) is 0 Å². The predicted molar refractivity (Wildman–Crippen MR) is 105 cm³/mol. The molecular formula is C19H22N4O3S. The lowest BCUT2D eigenvalue weighted by atomic mass is 10.0. The topological polar surface area (TPSA) is 103 Å². The Balaban J connectivity index is 1.65. The fourth-order valence-electron chi connectivity index (χ4n) is 4.59. The lowest BCUT2D eigenvalue weighted by molar-refractivity contribution is 0.383. The zero-order chi connectivity index (χ0) is 18.6. The number of aliphatic imine (C=N–C) groups is 3. The maximum absolute atomic E-state index is 12.3. The second-order valence-corrected chi connectivity index (χ2v) is 9.46. The van der Waals surface area contributed by atoms with Crippen molar-refractivity contribution >= 4 is 27.3 Å². The lowest BCUT2D eigenvalue weighted by Crippen LogP contribution is -2.44. The first kappa shape index (κ1) is 17.1. The summed E-state index contributed by atoms with van der Waals surface area (Å²) in [5, 5.41) is 3.41. The van der Waals surface area contributed by atoms with Crippen molar-refractivity contribution in [3.8, 4) is 0 Å². The van der Waals surface area contributed by atoms with Crippen molar-refractivity contribution in [2.45, 2.75) is 62.3 Å². The molecule has 0 amide bonds. The Bertz CT molecular complexity index is 1000. The number of fused-ring (bicyclic) bond motifs is 6. The van der Waals surface area contributed by atoms with Crippen LogP contribution in [0.15, 0.2) is 50.3 Å². The van der Waals surface area contributed by atoms with Gasteiger partial charge in [-0.15, -0.1) is 0 Å². The van der Waals surface area contributed by atoms with Crippen molar-refractivity contribution in [1.82, 2.24) is 5.32 Å². The van der Waals surface area contributed by atoms with Gasteiger partial charge >= 0.3 is 0 Å². The van der Waals surface area contributed by atoms with E-state index >= 15 is 0 Å². The molecule has 0 radical (unpaired) electrons. The van der Waals surface area contributed by atoms with Gasteiger partial charge in [0.15, 0.2) is 0 Å². The largest absolute Gasteiger partial charge is 0.362 e.